The molecule has 2 heterocycles. The molecular formula is C23H24N4O3. The van der Waals surface area contributed by atoms with Gasteiger partial charge in [0.2, 0.25) is 5.91 Å². The molecule has 0 aliphatic heterocycles. The number of carbonyl (C=O) groups excluding carboxylic acids is 1. The number of carbonyl (C=O) groups is 1. The van der Waals surface area contributed by atoms with Crippen LogP contribution in [0.5, 0.6) is 5.75 Å². The molecule has 0 radical (unpaired) electrons. The highest BCUT2D eigenvalue weighted by atomic mass is 16.5. The van der Waals surface area contributed by atoms with Crippen molar-refractivity contribution < 1.29 is 9.53 Å². The molecule has 154 valence electrons. The van der Waals surface area contributed by atoms with Crippen molar-refractivity contribution in [3.05, 3.63) is 70.6 Å². The second-order valence-corrected chi connectivity index (χ2v) is 7.16. The minimum atomic E-state index is -0.582. The predicted octanol–water partition coefficient (Wildman–Crippen LogP) is 3.16. The number of hydrogen-bond donors (Lipinski definition) is 1. The standard InChI is InChI=1S/C23H24N4O3/c1-4-30-20-12-8-5-9-16(20)13-24-22(28)15(2)27-19-11-7-6-10-17(19)18-14-25-26(3)23(29)21(18)27/h5-12,14-15H,4,13H2,1-3H3,(H,24,28)/t15-/m0/s1. The predicted molar refractivity (Wildman–Crippen MR) is 117 cm³/mol. The van der Waals surface area contributed by atoms with E-state index in [-0.39, 0.29) is 11.5 Å². The highest BCUT2D eigenvalue weighted by Crippen LogP contribution is 2.29. The van der Waals surface area contributed by atoms with Gasteiger partial charge in [-0.05, 0) is 26.0 Å². The summed E-state index contributed by atoms with van der Waals surface area (Å²) in [5, 5.41) is 8.79. The van der Waals surface area contributed by atoms with Gasteiger partial charge in [-0.1, -0.05) is 36.4 Å². The highest BCUT2D eigenvalue weighted by molar-refractivity contribution is 6.08. The molecule has 0 fully saturated rings. The van der Waals surface area contributed by atoms with Crippen molar-refractivity contribution in [1.29, 1.82) is 0 Å². The van der Waals surface area contributed by atoms with Crippen LogP contribution in [0, 0.1) is 0 Å². The number of nitrogens with zero attached hydrogens (tertiary/aromatic N) is 3. The Morgan fingerprint density at radius 3 is 2.67 bits per heavy atom. The van der Waals surface area contributed by atoms with E-state index in [0.717, 1.165) is 27.6 Å². The van der Waals surface area contributed by atoms with Crippen LogP contribution < -0.4 is 15.6 Å². The van der Waals surface area contributed by atoms with Crippen LogP contribution in [0.15, 0.2) is 59.5 Å². The van der Waals surface area contributed by atoms with Gasteiger partial charge in [-0.15, -0.1) is 0 Å². The Labute approximate surface area is 173 Å². The van der Waals surface area contributed by atoms with Crippen LogP contribution in [-0.4, -0.2) is 26.9 Å². The van der Waals surface area contributed by atoms with Gasteiger partial charge >= 0.3 is 0 Å². The number of hydrogen-bond acceptors (Lipinski definition) is 4. The Hall–Kier alpha value is -3.61. The van der Waals surface area contributed by atoms with Crippen molar-refractivity contribution in [3.63, 3.8) is 0 Å². The molecule has 0 unspecified atom stereocenters. The minimum absolute atomic E-state index is 0.178. The molecule has 4 rings (SSSR count). The third-order valence-corrected chi connectivity index (χ3v) is 5.30. The quantitative estimate of drug-likeness (QED) is 0.535. The van der Waals surface area contributed by atoms with Crippen LogP contribution in [0.25, 0.3) is 21.8 Å². The highest BCUT2D eigenvalue weighted by Gasteiger charge is 2.23. The fourth-order valence-corrected chi connectivity index (χ4v) is 3.78. The summed E-state index contributed by atoms with van der Waals surface area (Å²) in [5.74, 6) is 0.576. The fourth-order valence-electron chi connectivity index (χ4n) is 3.78. The lowest BCUT2D eigenvalue weighted by molar-refractivity contribution is -0.123. The number of ether oxygens (including phenoxy) is 1. The van der Waals surface area contributed by atoms with Gasteiger partial charge in [-0.2, -0.15) is 5.10 Å². The summed E-state index contributed by atoms with van der Waals surface area (Å²) in [6.07, 6.45) is 1.68. The average Bonchev–Trinajstić information content (AvgIpc) is 3.10. The van der Waals surface area contributed by atoms with Crippen molar-refractivity contribution >= 4 is 27.7 Å². The summed E-state index contributed by atoms with van der Waals surface area (Å²) in [5.41, 5.74) is 1.98. The first kappa shape index (κ1) is 19.7. The van der Waals surface area contributed by atoms with Gasteiger partial charge in [0.1, 0.15) is 17.3 Å². The number of fused-ring (bicyclic) bond motifs is 3. The lowest BCUT2D eigenvalue weighted by Gasteiger charge is -2.17. The zero-order chi connectivity index (χ0) is 21.3. The Bertz CT molecular complexity index is 1290. The van der Waals surface area contributed by atoms with Crippen LogP contribution in [0.4, 0.5) is 0 Å². The first-order valence-electron chi connectivity index (χ1n) is 9.96. The topological polar surface area (TPSA) is 78.2 Å². The van der Waals surface area contributed by atoms with Crippen LogP contribution in [-0.2, 0) is 18.4 Å². The molecule has 1 atom stereocenters. The van der Waals surface area contributed by atoms with E-state index in [1.807, 2.05) is 55.5 Å². The van der Waals surface area contributed by atoms with Crippen molar-refractivity contribution in [2.24, 2.45) is 7.05 Å². The molecule has 0 saturated heterocycles. The normalized spacial score (nSPS) is 12.2. The maximum Gasteiger partial charge on any atom is 0.291 e. The van der Waals surface area contributed by atoms with E-state index >= 15 is 0 Å². The van der Waals surface area contributed by atoms with Crippen molar-refractivity contribution in [1.82, 2.24) is 19.7 Å². The molecule has 2 aromatic heterocycles. The Morgan fingerprint density at radius 2 is 1.87 bits per heavy atom. The van der Waals surface area contributed by atoms with Gasteiger partial charge in [0.15, 0.2) is 0 Å². The summed E-state index contributed by atoms with van der Waals surface area (Å²) in [6.45, 7) is 4.63. The smallest absolute Gasteiger partial charge is 0.291 e. The molecule has 0 aliphatic rings. The SMILES string of the molecule is CCOc1ccccc1CNC(=O)[C@H](C)n1c2ccccc2c2cnn(C)c(=O)c21. The largest absolute Gasteiger partial charge is 0.494 e. The maximum absolute atomic E-state index is 13.1. The van der Waals surface area contributed by atoms with Crippen molar-refractivity contribution in [2.75, 3.05) is 6.61 Å². The molecule has 0 aliphatic carbocycles. The van der Waals surface area contributed by atoms with Crippen LogP contribution in [0.2, 0.25) is 0 Å². The van der Waals surface area contributed by atoms with E-state index in [2.05, 4.69) is 10.4 Å². The molecule has 30 heavy (non-hydrogen) atoms. The molecule has 0 saturated carbocycles. The summed E-state index contributed by atoms with van der Waals surface area (Å²) in [7, 11) is 1.61. The zero-order valence-electron chi connectivity index (χ0n) is 17.3. The Morgan fingerprint density at radius 1 is 1.13 bits per heavy atom. The number of para-hydroxylation sites is 2. The number of benzene rings is 2. The number of amides is 1. The third kappa shape index (κ3) is 3.32. The maximum atomic E-state index is 13.1. The Balaban J connectivity index is 1.71. The molecule has 2 aromatic carbocycles. The number of nitrogens with one attached hydrogen (secondary N) is 1. The van der Waals surface area contributed by atoms with Crippen molar-refractivity contribution in [2.45, 2.75) is 26.4 Å². The summed E-state index contributed by atoms with van der Waals surface area (Å²) >= 11 is 0. The van der Waals surface area contributed by atoms with Gasteiger partial charge in [-0.25, -0.2) is 4.68 Å². The molecule has 0 spiro atoms. The number of aryl methyl sites for hydroxylation is 1. The lowest BCUT2D eigenvalue weighted by atomic mass is 10.2. The van der Waals surface area contributed by atoms with Gasteiger partial charge in [-0.3, -0.25) is 9.59 Å². The second-order valence-electron chi connectivity index (χ2n) is 7.16. The lowest BCUT2D eigenvalue weighted by Crippen LogP contribution is -2.32. The molecule has 1 amide bonds. The van der Waals surface area contributed by atoms with E-state index in [1.54, 1.807) is 24.7 Å². The molecule has 1 N–H and O–H groups in total. The molecule has 0 bridgehead atoms. The summed E-state index contributed by atoms with van der Waals surface area (Å²) in [4.78, 5) is 25.9. The van der Waals surface area contributed by atoms with E-state index in [4.69, 9.17) is 4.74 Å². The first-order valence-corrected chi connectivity index (χ1v) is 9.96. The molecule has 4 aromatic rings. The fraction of sp³-hybridized carbons (Fsp3) is 0.261. The monoisotopic (exact) mass is 404 g/mol. The van der Waals surface area contributed by atoms with E-state index in [1.165, 1.54) is 4.68 Å². The van der Waals surface area contributed by atoms with Gasteiger partial charge < -0.3 is 14.6 Å². The first-order chi connectivity index (χ1) is 14.5. The van der Waals surface area contributed by atoms with Crippen LogP contribution >= 0.6 is 0 Å². The van der Waals surface area contributed by atoms with E-state index in [0.29, 0.717) is 18.7 Å². The van der Waals surface area contributed by atoms with Crippen LogP contribution in [0.3, 0.4) is 0 Å². The molecular weight excluding hydrogens is 380 g/mol. The molecule has 7 heteroatoms. The van der Waals surface area contributed by atoms with Gasteiger partial charge in [0, 0.05) is 29.9 Å². The molecule has 7 nitrogen and oxygen atoms in total. The summed E-state index contributed by atoms with van der Waals surface area (Å²) in [6, 6.07) is 14.7. The average molecular weight is 404 g/mol. The zero-order valence-corrected chi connectivity index (χ0v) is 17.3. The number of aromatic nitrogens is 3. The number of rotatable bonds is 6. The van der Waals surface area contributed by atoms with E-state index < -0.39 is 6.04 Å². The summed E-state index contributed by atoms with van der Waals surface area (Å²) < 4.78 is 8.74. The third-order valence-electron chi connectivity index (χ3n) is 5.30. The van der Waals surface area contributed by atoms with E-state index in [9.17, 15) is 9.59 Å². The van der Waals surface area contributed by atoms with Gasteiger partial charge in [0.05, 0.1) is 18.3 Å². The van der Waals surface area contributed by atoms with Crippen molar-refractivity contribution in [3.8, 4) is 5.75 Å². The minimum Gasteiger partial charge on any atom is -0.494 e. The Kier molecular flexibility index (Phi) is 5.27. The van der Waals surface area contributed by atoms with Gasteiger partial charge in [0.25, 0.3) is 5.56 Å². The second kappa shape index (κ2) is 8.02. The van der Waals surface area contributed by atoms with Crippen LogP contribution in [0.1, 0.15) is 25.5 Å².